The maximum Gasteiger partial charge on any atom is 0.0635 e. The minimum absolute atomic E-state index is 0.645. The molecule has 0 aromatic carbocycles. The van der Waals surface area contributed by atoms with Gasteiger partial charge in [0.05, 0.1) is 6.07 Å². The van der Waals surface area contributed by atoms with Crippen LogP contribution in [-0.2, 0) is 0 Å². The first-order chi connectivity index (χ1) is 6.70. The quantitative estimate of drug-likeness (QED) is 0.599. The second-order valence-corrected chi connectivity index (χ2v) is 4.06. The van der Waals surface area contributed by atoms with Gasteiger partial charge in [-0.2, -0.15) is 5.26 Å². The fourth-order valence-electron chi connectivity index (χ4n) is 1.50. The summed E-state index contributed by atoms with van der Waals surface area (Å²) in [5.41, 5.74) is 0. The fraction of sp³-hybridized carbons (Fsp3) is 0.909. The summed E-state index contributed by atoms with van der Waals surface area (Å²) in [6, 6.07) is 2.20. The molecule has 0 spiro atoms. The lowest BCUT2D eigenvalue weighted by atomic mass is 10.2. The number of nitrogens with zero attached hydrogens (tertiary/aromatic N) is 2. The molecule has 0 aromatic heterocycles. The molecule has 0 aliphatic rings. The van der Waals surface area contributed by atoms with Crippen molar-refractivity contribution in [2.24, 2.45) is 5.92 Å². The van der Waals surface area contributed by atoms with E-state index < -0.39 is 0 Å². The molecule has 0 saturated heterocycles. The molecular formula is C11H23N3. The van der Waals surface area contributed by atoms with Gasteiger partial charge in [0.25, 0.3) is 0 Å². The van der Waals surface area contributed by atoms with Gasteiger partial charge in [-0.3, -0.25) is 0 Å². The highest BCUT2D eigenvalue weighted by Gasteiger charge is 2.05. The van der Waals surface area contributed by atoms with E-state index in [1.165, 1.54) is 0 Å². The Kier molecular flexibility index (Phi) is 8.61. The molecule has 0 amide bonds. The van der Waals surface area contributed by atoms with Crippen molar-refractivity contribution in [3.63, 3.8) is 0 Å². The van der Waals surface area contributed by atoms with Crippen molar-refractivity contribution in [2.75, 3.05) is 33.2 Å². The summed E-state index contributed by atoms with van der Waals surface area (Å²) >= 11 is 0. The zero-order valence-corrected chi connectivity index (χ0v) is 9.71. The zero-order valence-electron chi connectivity index (χ0n) is 9.71. The molecule has 0 aliphatic carbocycles. The van der Waals surface area contributed by atoms with Crippen LogP contribution in [0.3, 0.4) is 0 Å². The van der Waals surface area contributed by atoms with E-state index in [0.29, 0.717) is 12.3 Å². The predicted molar refractivity (Wildman–Crippen MR) is 60.1 cm³/mol. The van der Waals surface area contributed by atoms with E-state index in [4.69, 9.17) is 5.26 Å². The molecule has 3 nitrogen and oxygen atoms in total. The van der Waals surface area contributed by atoms with Gasteiger partial charge < -0.3 is 10.2 Å². The van der Waals surface area contributed by atoms with Gasteiger partial charge in [0.15, 0.2) is 0 Å². The first-order valence-corrected chi connectivity index (χ1v) is 5.44. The van der Waals surface area contributed by atoms with Crippen molar-refractivity contribution in [1.29, 1.82) is 5.26 Å². The standard InChI is InChI=1S/C11H23N3/c1-11(2)10-14(8-4-6-12)9-5-7-13-3/h11,13H,4-5,7-10H2,1-3H3. The third kappa shape index (κ3) is 8.03. The van der Waals surface area contributed by atoms with Crippen molar-refractivity contribution in [1.82, 2.24) is 10.2 Å². The fourth-order valence-corrected chi connectivity index (χ4v) is 1.50. The molecule has 3 heteroatoms. The Hall–Kier alpha value is -0.590. The first-order valence-electron chi connectivity index (χ1n) is 5.44. The minimum Gasteiger partial charge on any atom is -0.320 e. The largest absolute Gasteiger partial charge is 0.320 e. The average molecular weight is 197 g/mol. The van der Waals surface area contributed by atoms with Crippen LogP contribution in [0.15, 0.2) is 0 Å². The highest BCUT2D eigenvalue weighted by atomic mass is 15.1. The van der Waals surface area contributed by atoms with Gasteiger partial charge in [0.2, 0.25) is 0 Å². The summed E-state index contributed by atoms with van der Waals surface area (Å²) in [5.74, 6) is 0.684. The van der Waals surface area contributed by atoms with Crippen LogP contribution in [0.5, 0.6) is 0 Å². The van der Waals surface area contributed by atoms with Crippen LogP contribution in [0.25, 0.3) is 0 Å². The van der Waals surface area contributed by atoms with E-state index >= 15 is 0 Å². The molecule has 0 unspecified atom stereocenters. The Morgan fingerprint density at radius 3 is 2.57 bits per heavy atom. The molecule has 14 heavy (non-hydrogen) atoms. The monoisotopic (exact) mass is 197 g/mol. The second kappa shape index (κ2) is 8.98. The smallest absolute Gasteiger partial charge is 0.0635 e. The zero-order chi connectivity index (χ0) is 10.8. The Labute approximate surface area is 88.1 Å². The highest BCUT2D eigenvalue weighted by molar-refractivity contribution is 4.73. The molecule has 1 N–H and O–H groups in total. The highest BCUT2D eigenvalue weighted by Crippen LogP contribution is 2.00. The average Bonchev–Trinajstić information content (AvgIpc) is 2.13. The minimum atomic E-state index is 0.645. The van der Waals surface area contributed by atoms with Crippen molar-refractivity contribution in [3.8, 4) is 6.07 Å². The number of rotatable bonds is 8. The molecule has 0 aromatic rings. The van der Waals surface area contributed by atoms with E-state index in [1.54, 1.807) is 0 Å². The first kappa shape index (κ1) is 13.4. The van der Waals surface area contributed by atoms with Crippen LogP contribution in [0.1, 0.15) is 26.7 Å². The van der Waals surface area contributed by atoms with E-state index in [-0.39, 0.29) is 0 Å². The van der Waals surface area contributed by atoms with Crippen LogP contribution >= 0.6 is 0 Å². The Morgan fingerprint density at radius 2 is 2.07 bits per heavy atom. The third-order valence-corrected chi connectivity index (χ3v) is 2.06. The van der Waals surface area contributed by atoms with Crippen molar-refractivity contribution >= 4 is 0 Å². The third-order valence-electron chi connectivity index (χ3n) is 2.06. The molecule has 0 radical (unpaired) electrons. The number of nitriles is 1. The summed E-state index contributed by atoms with van der Waals surface area (Å²) in [5, 5.41) is 11.7. The van der Waals surface area contributed by atoms with Gasteiger partial charge in [0.1, 0.15) is 0 Å². The number of hydrogen-bond acceptors (Lipinski definition) is 3. The van der Waals surface area contributed by atoms with Crippen molar-refractivity contribution in [2.45, 2.75) is 26.7 Å². The number of nitrogens with one attached hydrogen (secondary N) is 1. The van der Waals surface area contributed by atoms with Crippen LogP contribution in [0.4, 0.5) is 0 Å². The topological polar surface area (TPSA) is 39.1 Å². The van der Waals surface area contributed by atoms with Crippen LogP contribution in [0.2, 0.25) is 0 Å². The van der Waals surface area contributed by atoms with E-state index in [9.17, 15) is 0 Å². The Balaban J connectivity index is 3.67. The van der Waals surface area contributed by atoms with E-state index in [2.05, 4.69) is 30.1 Å². The summed E-state index contributed by atoms with van der Waals surface area (Å²) in [4.78, 5) is 2.38. The SMILES string of the molecule is CNCCCN(CCC#N)CC(C)C. The Bertz CT molecular complexity index is 160. The van der Waals surface area contributed by atoms with Crippen molar-refractivity contribution in [3.05, 3.63) is 0 Å². The van der Waals surface area contributed by atoms with Crippen LogP contribution in [-0.4, -0.2) is 38.1 Å². The van der Waals surface area contributed by atoms with Gasteiger partial charge in [-0.1, -0.05) is 13.8 Å². The van der Waals surface area contributed by atoms with Gasteiger partial charge >= 0.3 is 0 Å². The lowest BCUT2D eigenvalue weighted by Crippen LogP contribution is -2.31. The summed E-state index contributed by atoms with van der Waals surface area (Å²) < 4.78 is 0. The molecule has 0 fully saturated rings. The summed E-state index contributed by atoms with van der Waals surface area (Å²) in [7, 11) is 1.97. The van der Waals surface area contributed by atoms with Crippen LogP contribution < -0.4 is 5.32 Å². The lowest BCUT2D eigenvalue weighted by Gasteiger charge is -2.22. The lowest BCUT2D eigenvalue weighted by molar-refractivity contribution is 0.246. The van der Waals surface area contributed by atoms with Gasteiger partial charge in [-0.25, -0.2) is 0 Å². The second-order valence-electron chi connectivity index (χ2n) is 4.06. The molecule has 0 bridgehead atoms. The van der Waals surface area contributed by atoms with Gasteiger partial charge in [-0.05, 0) is 32.5 Å². The Morgan fingerprint density at radius 1 is 1.36 bits per heavy atom. The molecule has 0 aliphatic heterocycles. The molecule has 82 valence electrons. The van der Waals surface area contributed by atoms with Crippen LogP contribution in [0, 0.1) is 17.2 Å². The summed E-state index contributed by atoms with van der Waals surface area (Å²) in [6.07, 6.45) is 1.81. The molecule has 0 atom stereocenters. The molecular weight excluding hydrogens is 174 g/mol. The van der Waals surface area contributed by atoms with Gasteiger partial charge in [-0.15, -0.1) is 0 Å². The molecule has 0 saturated carbocycles. The van der Waals surface area contributed by atoms with Gasteiger partial charge in [0, 0.05) is 19.5 Å². The summed E-state index contributed by atoms with van der Waals surface area (Å²) in [6.45, 7) is 8.61. The molecule has 0 heterocycles. The maximum absolute atomic E-state index is 8.53. The van der Waals surface area contributed by atoms with E-state index in [1.807, 2.05) is 7.05 Å². The number of hydrogen-bond donors (Lipinski definition) is 1. The maximum atomic E-state index is 8.53. The van der Waals surface area contributed by atoms with Crippen molar-refractivity contribution < 1.29 is 0 Å². The van der Waals surface area contributed by atoms with E-state index in [0.717, 1.165) is 32.6 Å². The molecule has 0 rings (SSSR count). The predicted octanol–water partition coefficient (Wildman–Crippen LogP) is 1.47. The normalized spacial score (nSPS) is 10.9.